The second-order valence-corrected chi connectivity index (χ2v) is 12.6. The molecule has 54 heavy (non-hydrogen) atoms. The first-order valence-electron chi connectivity index (χ1n) is 15.7. The van der Waals surface area contributed by atoms with Gasteiger partial charge in [-0.25, -0.2) is 26.3 Å². The Balaban J connectivity index is 0.000000224. The normalized spacial score (nSPS) is 10.9. The van der Waals surface area contributed by atoms with Crippen LogP contribution in [0.5, 0.6) is 0 Å². The molecule has 0 spiro atoms. The van der Waals surface area contributed by atoms with Crippen LogP contribution in [0, 0.1) is 40.3 Å². The summed E-state index contributed by atoms with van der Waals surface area (Å²) in [7, 11) is 0. The van der Waals surface area contributed by atoms with E-state index in [9.17, 15) is 40.7 Å². The zero-order valence-electron chi connectivity index (χ0n) is 28.9. The van der Waals surface area contributed by atoms with Gasteiger partial charge < -0.3 is 16.2 Å². The summed E-state index contributed by atoms with van der Waals surface area (Å²) in [6.07, 6.45) is 3.15. The molecule has 0 saturated heterocycles. The van der Waals surface area contributed by atoms with Crippen LogP contribution in [0.4, 0.5) is 37.7 Å². The summed E-state index contributed by atoms with van der Waals surface area (Å²) >= 11 is 0. The molecule has 9 nitrogen and oxygen atoms in total. The van der Waals surface area contributed by atoms with E-state index in [4.69, 9.17) is 15.6 Å². The quantitative estimate of drug-likeness (QED) is 0.0688. The highest BCUT2D eigenvalue weighted by Crippen LogP contribution is 2.29. The molecule has 4 N–H and O–H groups in total. The zero-order chi connectivity index (χ0) is 40.1. The van der Waals surface area contributed by atoms with Crippen LogP contribution in [0.25, 0.3) is 21.8 Å². The Labute approximate surface area is 303 Å². The number of carboxylic acids is 1. The molecule has 0 aliphatic rings. The monoisotopic (exact) mass is 748 g/mol. The predicted molar refractivity (Wildman–Crippen MR) is 189 cm³/mol. The Hall–Kier alpha value is -6.64. The fraction of sp³-hybridized carbons (Fsp3) is 0.128. The molecule has 278 valence electrons. The highest BCUT2D eigenvalue weighted by Gasteiger charge is 2.29. The second-order valence-electron chi connectivity index (χ2n) is 12.6. The summed E-state index contributed by atoms with van der Waals surface area (Å²) in [5, 5.41) is 10.8. The smallest absolute Gasteiger partial charge is 0.300 e. The topological polar surface area (TPSA) is 152 Å². The molecule has 4 aromatic carbocycles. The molecule has 0 atom stereocenters. The van der Waals surface area contributed by atoms with Crippen molar-refractivity contribution in [3.8, 4) is 0 Å². The van der Waals surface area contributed by atoms with Crippen LogP contribution in [0.1, 0.15) is 59.5 Å². The van der Waals surface area contributed by atoms with Crippen molar-refractivity contribution in [3.05, 3.63) is 142 Å². The number of nitrogens with zero attached hydrogens (tertiary/aromatic N) is 2. The summed E-state index contributed by atoms with van der Waals surface area (Å²) in [5.41, 5.74) is 2.29. The van der Waals surface area contributed by atoms with Crippen molar-refractivity contribution in [2.24, 2.45) is 5.41 Å². The maximum absolute atomic E-state index is 14.9. The number of amides is 1. The number of fused-ring (bicyclic) bond motifs is 2. The average molecular weight is 749 g/mol. The van der Waals surface area contributed by atoms with E-state index in [1.54, 1.807) is 63.5 Å². The molecule has 0 saturated carbocycles. The third-order valence-corrected chi connectivity index (χ3v) is 7.45. The van der Waals surface area contributed by atoms with Crippen LogP contribution in [0.3, 0.4) is 0 Å². The maximum Gasteiger partial charge on any atom is 0.300 e. The minimum absolute atomic E-state index is 0.0169. The number of anilines is 2. The first-order valence-corrected chi connectivity index (χ1v) is 15.7. The number of carbonyl (C=O) groups excluding carboxylic acids is 3. The molecule has 2 aromatic heterocycles. The van der Waals surface area contributed by atoms with Crippen LogP contribution < -0.4 is 11.1 Å². The molecule has 0 unspecified atom stereocenters. The van der Waals surface area contributed by atoms with Crippen LogP contribution in [-0.4, -0.2) is 38.5 Å². The van der Waals surface area contributed by atoms with Crippen LogP contribution in [0.15, 0.2) is 85.2 Å². The third kappa shape index (κ3) is 9.04. The Morgan fingerprint density at radius 3 is 1.52 bits per heavy atom. The molecule has 0 radical (unpaired) electrons. The van der Waals surface area contributed by atoms with Crippen molar-refractivity contribution in [2.45, 2.75) is 27.7 Å². The molecule has 15 heteroatoms. The number of halogens is 6. The standard InChI is InChI=1S/C21H17F3N2O2.C16H9F3N2O.C2H4O2/c1-21(2,3)20(28)26-15-10-13(22)17(23)16(18(15)24)19(27)12-6-7-14-11(9-12)5-4-8-25-14;17-10-7-11(20)15(19)13(14(10)18)16(22)9-3-4-12-8(6-9)2-1-5-21-12;1-2(3)4/h4-10H,1-3H3,(H,26,28);1-7H,20H2;1H3,(H,3,4). The number of aromatic nitrogens is 2. The van der Waals surface area contributed by atoms with Gasteiger partial charge in [0.05, 0.1) is 33.5 Å². The van der Waals surface area contributed by atoms with Gasteiger partial charge in [-0.2, -0.15) is 0 Å². The molecule has 0 aliphatic heterocycles. The Morgan fingerprint density at radius 1 is 0.648 bits per heavy atom. The molecule has 0 aliphatic carbocycles. The lowest BCUT2D eigenvalue weighted by Crippen LogP contribution is -2.28. The van der Waals surface area contributed by atoms with Crippen LogP contribution in [-0.2, 0) is 9.59 Å². The fourth-order valence-electron chi connectivity index (χ4n) is 4.75. The highest BCUT2D eigenvalue weighted by molar-refractivity contribution is 6.12. The lowest BCUT2D eigenvalue weighted by atomic mass is 9.95. The summed E-state index contributed by atoms with van der Waals surface area (Å²) in [5.74, 6) is -12.0. The van der Waals surface area contributed by atoms with E-state index in [0.717, 1.165) is 6.92 Å². The summed E-state index contributed by atoms with van der Waals surface area (Å²) in [6, 6.07) is 16.4. The first-order chi connectivity index (χ1) is 25.3. The lowest BCUT2D eigenvalue weighted by molar-refractivity contribution is -0.134. The van der Waals surface area contributed by atoms with Crippen molar-refractivity contribution >= 4 is 56.6 Å². The molecular weight excluding hydrogens is 718 g/mol. The van der Waals surface area contributed by atoms with Gasteiger partial charge in [-0.05, 0) is 48.5 Å². The second kappa shape index (κ2) is 16.4. The number of hydrogen-bond donors (Lipinski definition) is 3. The Kier molecular flexibility index (Phi) is 12.2. The number of nitrogens with one attached hydrogen (secondary N) is 1. The first kappa shape index (κ1) is 40.1. The maximum atomic E-state index is 14.9. The van der Waals surface area contributed by atoms with E-state index in [1.165, 1.54) is 30.3 Å². The Bertz CT molecular complexity index is 2420. The van der Waals surface area contributed by atoms with Gasteiger partial charge in [0.25, 0.3) is 5.97 Å². The lowest BCUT2D eigenvalue weighted by Gasteiger charge is -2.19. The van der Waals surface area contributed by atoms with Crippen molar-refractivity contribution < 1.29 is 50.6 Å². The minimum Gasteiger partial charge on any atom is -0.481 e. The van der Waals surface area contributed by atoms with Crippen LogP contribution in [0.2, 0.25) is 0 Å². The number of pyridine rings is 2. The summed E-state index contributed by atoms with van der Waals surface area (Å²) in [6.45, 7) is 5.82. The number of nitrogen functional groups attached to an aromatic ring is 1. The Morgan fingerprint density at radius 2 is 1.07 bits per heavy atom. The molecular formula is C39H30F6N4O5. The van der Waals surface area contributed by atoms with E-state index in [2.05, 4.69) is 15.3 Å². The molecule has 2 heterocycles. The largest absolute Gasteiger partial charge is 0.481 e. The van der Waals surface area contributed by atoms with E-state index in [0.29, 0.717) is 33.9 Å². The number of rotatable bonds is 5. The fourth-order valence-corrected chi connectivity index (χ4v) is 4.75. The number of hydrogen-bond acceptors (Lipinski definition) is 7. The van der Waals surface area contributed by atoms with E-state index in [-0.39, 0.29) is 11.1 Å². The number of aliphatic carboxylic acids is 1. The zero-order valence-corrected chi connectivity index (χ0v) is 28.9. The minimum atomic E-state index is -1.61. The van der Waals surface area contributed by atoms with E-state index in [1.807, 2.05) is 0 Å². The molecule has 0 bridgehead atoms. The predicted octanol–water partition coefficient (Wildman–Crippen LogP) is 8.42. The van der Waals surface area contributed by atoms with Gasteiger partial charge in [-0.3, -0.25) is 29.1 Å². The molecule has 6 rings (SSSR count). The number of ketones is 2. The van der Waals surface area contributed by atoms with Gasteiger partial charge in [0.15, 0.2) is 46.5 Å². The molecule has 6 aromatic rings. The molecule has 1 amide bonds. The number of carbonyl (C=O) groups is 4. The van der Waals surface area contributed by atoms with Crippen molar-refractivity contribution in [1.29, 1.82) is 0 Å². The van der Waals surface area contributed by atoms with Gasteiger partial charge in [0.2, 0.25) is 5.91 Å². The molecule has 0 fully saturated rings. The van der Waals surface area contributed by atoms with Crippen molar-refractivity contribution in [1.82, 2.24) is 9.97 Å². The van der Waals surface area contributed by atoms with Gasteiger partial charge in [-0.1, -0.05) is 32.9 Å². The van der Waals surface area contributed by atoms with Crippen molar-refractivity contribution in [2.75, 3.05) is 11.1 Å². The van der Waals surface area contributed by atoms with Crippen LogP contribution >= 0.6 is 0 Å². The van der Waals surface area contributed by atoms with Gasteiger partial charge >= 0.3 is 0 Å². The third-order valence-electron chi connectivity index (χ3n) is 7.45. The van der Waals surface area contributed by atoms with Gasteiger partial charge in [-0.15, -0.1) is 0 Å². The summed E-state index contributed by atoms with van der Waals surface area (Å²) < 4.78 is 84.3. The van der Waals surface area contributed by atoms with E-state index >= 15 is 0 Å². The van der Waals surface area contributed by atoms with Gasteiger partial charge in [0.1, 0.15) is 0 Å². The van der Waals surface area contributed by atoms with Gasteiger partial charge in [0, 0.05) is 58.8 Å². The number of benzene rings is 4. The average Bonchev–Trinajstić information content (AvgIpc) is 3.12. The highest BCUT2D eigenvalue weighted by atomic mass is 19.2. The number of nitrogens with two attached hydrogens (primary N) is 1. The van der Waals surface area contributed by atoms with Crippen molar-refractivity contribution in [3.63, 3.8) is 0 Å². The van der Waals surface area contributed by atoms with E-state index < -0.39 is 86.3 Å². The SMILES string of the molecule is CC(=O)O.CC(C)(C)C(=O)Nc1cc(F)c(F)c(C(=O)c2ccc3ncccc3c2)c1F.Nc1cc(F)c(F)c(C(=O)c2ccc3ncccc3c2)c1F. The summed E-state index contributed by atoms with van der Waals surface area (Å²) in [4.78, 5) is 54.3. The number of carboxylic acid groups (broad SMARTS) is 1.